The summed E-state index contributed by atoms with van der Waals surface area (Å²) in [6.45, 7) is 1.75. The van der Waals surface area contributed by atoms with Crippen molar-refractivity contribution >= 4 is 18.1 Å². The van der Waals surface area contributed by atoms with Gasteiger partial charge >= 0.3 is 0 Å². The predicted octanol–water partition coefficient (Wildman–Crippen LogP) is 0.534. The van der Waals surface area contributed by atoms with Gasteiger partial charge in [-0.25, -0.2) is 0 Å². The molecule has 1 aromatic heterocycles. The van der Waals surface area contributed by atoms with Crippen LogP contribution in [-0.2, 0) is 4.79 Å². The number of carbonyl (C=O) groups excluding carboxylic acids is 1. The van der Waals surface area contributed by atoms with Crippen molar-refractivity contribution in [3.63, 3.8) is 0 Å². The van der Waals surface area contributed by atoms with Crippen molar-refractivity contribution < 1.29 is 15.0 Å². The van der Waals surface area contributed by atoms with Gasteiger partial charge in [0.05, 0.1) is 13.2 Å². The van der Waals surface area contributed by atoms with E-state index < -0.39 is 0 Å². The van der Waals surface area contributed by atoms with Crippen LogP contribution in [0.2, 0.25) is 0 Å². The zero-order chi connectivity index (χ0) is 8.95. The zero-order valence-electron chi connectivity index (χ0n) is 6.14. The molecule has 1 heterocycles. The highest BCUT2D eigenvalue weighted by Gasteiger charge is 1.58. The summed E-state index contributed by atoms with van der Waals surface area (Å²) >= 11 is 1.71. The summed E-state index contributed by atoms with van der Waals surface area (Å²) in [5.41, 5.74) is 0. The van der Waals surface area contributed by atoms with Gasteiger partial charge in [-0.15, -0.1) is 0 Å². The van der Waals surface area contributed by atoms with E-state index in [0.29, 0.717) is 0 Å². The largest absolute Gasteiger partial charge is 0.394 e. The molecule has 0 aliphatic heterocycles. The molecule has 0 bridgehead atoms. The molecule has 1 rings (SSSR count). The Morgan fingerprint density at radius 3 is 1.55 bits per heavy atom. The van der Waals surface area contributed by atoms with Gasteiger partial charge in [-0.05, 0) is 10.8 Å². The SMILES string of the molecule is C=O.OCCO.c1ccsc1. The summed E-state index contributed by atoms with van der Waals surface area (Å²) in [7, 11) is 0. The lowest BCUT2D eigenvalue weighted by Gasteiger charge is -1.70. The highest BCUT2D eigenvalue weighted by Crippen LogP contribution is 1.91. The summed E-state index contributed by atoms with van der Waals surface area (Å²) in [4.78, 5) is 8.00. The summed E-state index contributed by atoms with van der Waals surface area (Å²) in [5, 5.41) is 19.3. The molecular formula is C7H12O3S. The van der Waals surface area contributed by atoms with Gasteiger partial charge < -0.3 is 15.0 Å². The lowest BCUT2D eigenvalue weighted by atomic mass is 10.7. The minimum atomic E-state index is -0.125. The van der Waals surface area contributed by atoms with E-state index in [4.69, 9.17) is 15.0 Å². The molecule has 0 aliphatic carbocycles. The molecule has 0 atom stereocenters. The molecule has 0 amide bonds. The Balaban J connectivity index is 0. The van der Waals surface area contributed by atoms with Crippen LogP contribution in [0.5, 0.6) is 0 Å². The van der Waals surface area contributed by atoms with Gasteiger partial charge in [-0.1, -0.05) is 12.1 Å². The molecule has 0 saturated heterocycles. The maximum absolute atomic E-state index is 8.00. The molecule has 3 nitrogen and oxygen atoms in total. The summed E-state index contributed by atoms with van der Waals surface area (Å²) in [6.07, 6.45) is 0. The van der Waals surface area contributed by atoms with Crippen molar-refractivity contribution in [1.29, 1.82) is 0 Å². The minimum Gasteiger partial charge on any atom is -0.394 e. The van der Waals surface area contributed by atoms with Gasteiger partial charge in [0.2, 0.25) is 0 Å². The molecule has 0 fully saturated rings. The molecule has 0 aliphatic rings. The predicted molar refractivity (Wildman–Crippen MR) is 45.6 cm³/mol. The van der Waals surface area contributed by atoms with E-state index in [1.165, 1.54) is 0 Å². The Labute approximate surface area is 69.9 Å². The second kappa shape index (κ2) is 16.1. The highest BCUT2D eigenvalue weighted by molar-refractivity contribution is 7.07. The summed E-state index contributed by atoms with van der Waals surface area (Å²) < 4.78 is 0. The van der Waals surface area contributed by atoms with Crippen LogP contribution in [0.4, 0.5) is 0 Å². The van der Waals surface area contributed by atoms with Gasteiger partial charge in [0.25, 0.3) is 0 Å². The molecule has 0 saturated carbocycles. The lowest BCUT2D eigenvalue weighted by molar-refractivity contribution is -0.0979. The average molecular weight is 176 g/mol. The Morgan fingerprint density at radius 1 is 1.09 bits per heavy atom. The fraction of sp³-hybridized carbons (Fsp3) is 0.286. The van der Waals surface area contributed by atoms with Gasteiger partial charge in [0.15, 0.2) is 0 Å². The van der Waals surface area contributed by atoms with Crippen LogP contribution in [0.25, 0.3) is 0 Å². The summed E-state index contributed by atoms with van der Waals surface area (Å²) in [6, 6.07) is 4.04. The number of carbonyl (C=O) groups is 1. The fourth-order valence-electron chi connectivity index (χ4n) is 0.227. The quantitative estimate of drug-likeness (QED) is 0.656. The smallest absolute Gasteiger partial charge is 0.106 e. The number of aliphatic hydroxyl groups excluding tert-OH is 2. The van der Waals surface area contributed by atoms with Crippen molar-refractivity contribution in [3.05, 3.63) is 22.9 Å². The standard InChI is InChI=1S/C4H4S.C2H6O2.CH2O/c1-2-4-5-3-1;3-1-2-4;1-2/h1-4H;3-4H,1-2H2;1H2. The molecule has 1 aromatic rings. The number of aliphatic hydroxyl groups is 2. The van der Waals surface area contributed by atoms with Crippen molar-refractivity contribution in [1.82, 2.24) is 0 Å². The van der Waals surface area contributed by atoms with Crippen molar-refractivity contribution in [2.45, 2.75) is 0 Å². The number of thiophene rings is 1. The molecule has 64 valence electrons. The van der Waals surface area contributed by atoms with E-state index in [2.05, 4.69) is 0 Å². The van der Waals surface area contributed by atoms with Gasteiger partial charge in [-0.2, -0.15) is 11.3 Å². The number of hydrogen-bond donors (Lipinski definition) is 2. The topological polar surface area (TPSA) is 57.5 Å². The van der Waals surface area contributed by atoms with Crippen LogP contribution in [0, 0.1) is 0 Å². The maximum Gasteiger partial charge on any atom is 0.106 e. The molecule has 0 unspecified atom stereocenters. The normalized spacial score (nSPS) is 6.73. The third-order valence-corrected chi connectivity index (χ3v) is 1.15. The van der Waals surface area contributed by atoms with Crippen LogP contribution >= 0.6 is 11.3 Å². The lowest BCUT2D eigenvalue weighted by Crippen LogP contribution is -1.85. The molecular weight excluding hydrogens is 164 g/mol. The Morgan fingerprint density at radius 2 is 1.45 bits per heavy atom. The first-order chi connectivity index (χ1) is 5.41. The third-order valence-electron chi connectivity index (χ3n) is 0.525. The first kappa shape index (κ1) is 12.9. The first-order valence-electron chi connectivity index (χ1n) is 2.89. The van der Waals surface area contributed by atoms with Crippen molar-refractivity contribution in [2.75, 3.05) is 13.2 Å². The molecule has 0 radical (unpaired) electrons. The molecule has 2 N–H and O–H groups in total. The van der Waals surface area contributed by atoms with Crippen LogP contribution < -0.4 is 0 Å². The van der Waals surface area contributed by atoms with E-state index in [0.717, 1.165) is 0 Å². The van der Waals surface area contributed by atoms with Crippen LogP contribution in [-0.4, -0.2) is 30.2 Å². The van der Waals surface area contributed by atoms with Crippen LogP contribution in [0.3, 0.4) is 0 Å². The van der Waals surface area contributed by atoms with E-state index in [-0.39, 0.29) is 13.2 Å². The average Bonchev–Trinajstić information content (AvgIpc) is 2.65. The third kappa shape index (κ3) is 17.6. The van der Waals surface area contributed by atoms with Gasteiger partial charge in [0.1, 0.15) is 6.79 Å². The van der Waals surface area contributed by atoms with Gasteiger partial charge in [-0.3, -0.25) is 0 Å². The van der Waals surface area contributed by atoms with E-state index in [9.17, 15) is 0 Å². The molecule has 11 heavy (non-hydrogen) atoms. The van der Waals surface area contributed by atoms with E-state index in [1.54, 1.807) is 11.3 Å². The van der Waals surface area contributed by atoms with Crippen molar-refractivity contribution in [2.24, 2.45) is 0 Å². The van der Waals surface area contributed by atoms with E-state index in [1.807, 2.05) is 29.7 Å². The zero-order valence-corrected chi connectivity index (χ0v) is 6.96. The van der Waals surface area contributed by atoms with E-state index >= 15 is 0 Å². The second-order valence-corrected chi connectivity index (χ2v) is 2.06. The highest BCUT2D eigenvalue weighted by atomic mass is 32.1. The molecule has 4 heteroatoms. The number of hydrogen-bond acceptors (Lipinski definition) is 4. The maximum atomic E-state index is 8.00. The monoisotopic (exact) mass is 176 g/mol. The number of rotatable bonds is 1. The van der Waals surface area contributed by atoms with Crippen molar-refractivity contribution in [3.8, 4) is 0 Å². The second-order valence-electron chi connectivity index (χ2n) is 1.24. The first-order valence-corrected chi connectivity index (χ1v) is 3.84. The molecule has 0 spiro atoms. The summed E-state index contributed by atoms with van der Waals surface area (Å²) in [5.74, 6) is 0. The van der Waals surface area contributed by atoms with Crippen LogP contribution in [0.15, 0.2) is 22.9 Å². The van der Waals surface area contributed by atoms with Crippen LogP contribution in [0.1, 0.15) is 0 Å². The Hall–Kier alpha value is -0.710. The minimum absolute atomic E-state index is 0.125. The van der Waals surface area contributed by atoms with Gasteiger partial charge in [0, 0.05) is 0 Å². The molecule has 0 aromatic carbocycles. The fourth-order valence-corrected chi connectivity index (χ4v) is 0.680. The Kier molecular flexibility index (Phi) is 19.0. The Bertz CT molecular complexity index is 100.